The van der Waals surface area contributed by atoms with Crippen molar-refractivity contribution in [3.8, 4) is 11.1 Å². The summed E-state index contributed by atoms with van der Waals surface area (Å²) in [4.78, 5) is 14.4. The fourth-order valence-corrected chi connectivity index (χ4v) is 2.93. The molecule has 9 heteroatoms. The lowest BCUT2D eigenvalue weighted by Gasteiger charge is -2.11. The van der Waals surface area contributed by atoms with Gasteiger partial charge in [-0.3, -0.25) is 10.3 Å². The highest BCUT2D eigenvalue weighted by Gasteiger charge is 2.16. The Morgan fingerprint density at radius 1 is 1.29 bits per heavy atom. The van der Waals surface area contributed by atoms with Crippen molar-refractivity contribution in [2.24, 2.45) is 10.7 Å². The number of aromatic nitrogens is 1. The van der Waals surface area contributed by atoms with E-state index in [-0.39, 0.29) is 43.3 Å². The molecule has 0 saturated heterocycles. The van der Waals surface area contributed by atoms with Crippen molar-refractivity contribution in [3.63, 3.8) is 0 Å². The Bertz CT molecular complexity index is 1050. The summed E-state index contributed by atoms with van der Waals surface area (Å²) in [6.45, 7) is 1.82. The van der Waals surface area contributed by atoms with E-state index in [4.69, 9.17) is 20.1 Å². The molecule has 162 valence electrons. The maximum Gasteiger partial charge on any atom is 0.329 e. The van der Waals surface area contributed by atoms with Gasteiger partial charge in [-0.15, -0.1) is 0 Å². The van der Waals surface area contributed by atoms with E-state index >= 15 is 0 Å². The number of nitrogens with zero attached hydrogens (tertiary/aromatic N) is 2. The number of ether oxygens (including phenoxy) is 1. The Morgan fingerprint density at radius 2 is 2.06 bits per heavy atom. The van der Waals surface area contributed by atoms with Gasteiger partial charge in [-0.05, 0) is 17.2 Å². The summed E-state index contributed by atoms with van der Waals surface area (Å²) >= 11 is 0. The Kier molecular flexibility index (Phi) is 7.34. The third-order valence-electron chi connectivity index (χ3n) is 4.54. The van der Waals surface area contributed by atoms with Crippen molar-refractivity contribution < 1.29 is 23.6 Å². The van der Waals surface area contributed by atoms with Crippen LogP contribution in [0.25, 0.3) is 11.1 Å². The van der Waals surface area contributed by atoms with Gasteiger partial charge in [0.25, 0.3) is 0 Å². The monoisotopic (exact) mass is 426 g/mol. The van der Waals surface area contributed by atoms with E-state index < -0.39 is 5.97 Å². The first-order valence-corrected chi connectivity index (χ1v) is 9.62. The number of carboxylic acids is 1. The molecule has 8 nitrogen and oxygen atoms in total. The normalized spacial score (nSPS) is 12.5. The highest BCUT2D eigenvalue weighted by atomic mass is 19.1. The second kappa shape index (κ2) is 10.4. The number of benzene rings is 2. The highest BCUT2D eigenvalue weighted by molar-refractivity contribution is 5.90. The lowest BCUT2D eigenvalue weighted by Crippen LogP contribution is -2.23. The number of carbonyl (C=O) groups is 1. The largest absolute Gasteiger partial charge is 0.480 e. The summed E-state index contributed by atoms with van der Waals surface area (Å²) < 4.78 is 24.8. The number of aliphatic carboxylic acids is 1. The molecule has 0 fully saturated rings. The van der Waals surface area contributed by atoms with Gasteiger partial charge >= 0.3 is 5.97 Å². The fourth-order valence-electron chi connectivity index (χ4n) is 2.93. The zero-order valence-electron chi connectivity index (χ0n) is 16.9. The number of aliphatic imine (C=N–C) groups is 1. The van der Waals surface area contributed by atoms with E-state index in [1.807, 2.05) is 43.3 Å². The molecule has 1 aromatic heterocycles. The molecule has 0 saturated carbocycles. The SMILES string of the molecule is CC(c1ccc(-c2ccccc2)c(F)c1)c1cc(NC(N)=NCCOCC(=O)O)on1. The second-order valence-electron chi connectivity index (χ2n) is 6.78. The summed E-state index contributed by atoms with van der Waals surface area (Å²) in [5.74, 6) is -1.20. The zero-order chi connectivity index (χ0) is 22.2. The third kappa shape index (κ3) is 6.13. The van der Waals surface area contributed by atoms with Crippen LogP contribution in [-0.2, 0) is 9.53 Å². The molecular formula is C22H23FN4O4. The predicted octanol–water partition coefficient (Wildman–Crippen LogP) is 3.46. The molecule has 0 radical (unpaired) electrons. The van der Waals surface area contributed by atoms with E-state index in [0.29, 0.717) is 11.3 Å². The minimum atomic E-state index is -1.05. The van der Waals surface area contributed by atoms with Crippen LogP contribution in [0.15, 0.2) is 64.1 Å². The molecule has 0 aliphatic rings. The van der Waals surface area contributed by atoms with E-state index in [1.54, 1.807) is 12.1 Å². The fraction of sp³-hybridized carbons (Fsp3) is 0.227. The average molecular weight is 426 g/mol. The van der Waals surface area contributed by atoms with Crippen molar-refractivity contribution >= 4 is 17.8 Å². The van der Waals surface area contributed by atoms with Crippen LogP contribution in [0.3, 0.4) is 0 Å². The zero-order valence-corrected chi connectivity index (χ0v) is 16.9. The molecule has 4 N–H and O–H groups in total. The number of carboxylic acid groups (broad SMARTS) is 1. The minimum Gasteiger partial charge on any atom is -0.480 e. The summed E-state index contributed by atoms with van der Waals surface area (Å²) in [5.41, 5.74) is 8.48. The Hall–Kier alpha value is -3.72. The van der Waals surface area contributed by atoms with Crippen LogP contribution in [0, 0.1) is 5.82 Å². The van der Waals surface area contributed by atoms with Gasteiger partial charge in [-0.25, -0.2) is 9.18 Å². The second-order valence-corrected chi connectivity index (χ2v) is 6.78. The maximum atomic E-state index is 14.7. The summed E-state index contributed by atoms with van der Waals surface area (Å²) in [6, 6.07) is 16.1. The summed E-state index contributed by atoms with van der Waals surface area (Å²) in [6.07, 6.45) is 0. The first-order valence-electron chi connectivity index (χ1n) is 9.62. The molecule has 0 aliphatic heterocycles. The number of anilines is 1. The topological polar surface area (TPSA) is 123 Å². The van der Waals surface area contributed by atoms with Gasteiger partial charge in [-0.1, -0.05) is 54.5 Å². The van der Waals surface area contributed by atoms with Crippen molar-refractivity contribution in [1.82, 2.24) is 5.16 Å². The first-order chi connectivity index (χ1) is 14.9. The van der Waals surface area contributed by atoms with Crippen LogP contribution in [-0.4, -0.2) is 42.0 Å². The Balaban J connectivity index is 1.61. The molecule has 1 unspecified atom stereocenters. The van der Waals surface area contributed by atoms with Crippen molar-refractivity contribution in [1.29, 1.82) is 0 Å². The average Bonchev–Trinajstić information content (AvgIpc) is 3.21. The van der Waals surface area contributed by atoms with Crippen LogP contribution in [0.2, 0.25) is 0 Å². The van der Waals surface area contributed by atoms with Gasteiger partial charge in [0.15, 0.2) is 5.96 Å². The van der Waals surface area contributed by atoms with Gasteiger partial charge in [-0.2, -0.15) is 0 Å². The number of rotatable bonds is 9. The lowest BCUT2D eigenvalue weighted by atomic mass is 9.95. The number of nitrogens with one attached hydrogen (secondary N) is 1. The van der Waals surface area contributed by atoms with Crippen LogP contribution in [0.5, 0.6) is 0 Å². The van der Waals surface area contributed by atoms with E-state index in [9.17, 15) is 9.18 Å². The van der Waals surface area contributed by atoms with Gasteiger partial charge in [0.2, 0.25) is 5.88 Å². The molecule has 0 aliphatic carbocycles. The van der Waals surface area contributed by atoms with Gasteiger partial charge in [0.05, 0.1) is 18.8 Å². The third-order valence-corrected chi connectivity index (χ3v) is 4.54. The van der Waals surface area contributed by atoms with Gasteiger partial charge in [0, 0.05) is 17.5 Å². The molecule has 31 heavy (non-hydrogen) atoms. The molecule has 1 atom stereocenters. The van der Waals surface area contributed by atoms with E-state index in [0.717, 1.165) is 11.1 Å². The molecule has 3 aromatic rings. The summed E-state index contributed by atoms with van der Waals surface area (Å²) in [7, 11) is 0. The van der Waals surface area contributed by atoms with E-state index in [2.05, 4.69) is 15.5 Å². The predicted molar refractivity (Wildman–Crippen MR) is 114 cm³/mol. The molecule has 0 amide bonds. The van der Waals surface area contributed by atoms with Gasteiger partial charge < -0.3 is 20.1 Å². The highest BCUT2D eigenvalue weighted by Crippen LogP contribution is 2.29. The first kappa shape index (κ1) is 22.0. The van der Waals surface area contributed by atoms with Crippen LogP contribution < -0.4 is 11.1 Å². The number of hydrogen-bond donors (Lipinski definition) is 3. The molecule has 0 bridgehead atoms. The number of halogens is 1. The number of hydrogen-bond acceptors (Lipinski definition) is 5. The van der Waals surface area contributed by atoms with Crippen LogP contribution in [0.1, 0.15) is 24.1 Å². The Labute approximate surface area is 178 Å². The summed E-state index contributed by atoms with van der Waals surface area (Å²) in [5, 5.41) is 15.3. The van der Waals surface area contributed by atoms with Crippen LogP contribution >= 0.6 is 0 Å². The van der Waals surface area contributed by atoms with Crippen LogP contribution in [0.4, 0.5) is 10.3 Å². The molecular weight excluding hydrogens is 403 g/mol. The molecule has 1 heterocycles. The smallest absolute Gasteiger partial charge is 0.329 e. The molecule has 0 spiro atoms. The minimum absolute atomic E-state index is 0.0764. The maximum absolute atomic E-state index is 14.7. The quantitative estimate of drug-likeness (QED) is 0.272. The van der Waals surface area contributed by atoms with Crippen molar-refractivity contribution in [3.05, 3.63) is 71.7 Å². The molecule has 3 rings (SSSR count). The lowest BCUT2D eigenvalue weighted by molar-refractivity contribution is -0.142. The van der Waals surface area contributed by atoms with E-state index in [1.165, 1.54) is 6.07 Å². The number of nitrogens with two attached hydrogens (primary N) is 1. The Morgan fingerprint density at radius 3 is 2.77 bits per heavy atom. The van der Waals surface area contributed by atoms with Gasteiger partial charge in [0.1, 0.15) is 12.4 Å². The number of guanidine groups is 1. The van der Waals surface area contributed by atoms with Crippen molar-refractivity contribution in [2.45, 2.75) is 12.8 Å². The molecule has 2 aromatic carbocycles. The standard InChI is InChI=1S/C22H23FN4O4/c1-14(16-7-8-17(18(23)11-16)15-5-3-2-4-6-15)19-12-20(31-27-19)26-22(24)25-9-10-30-13-21(28)29/h2-8,11-12,14H,9-10,13H2,1H3,(H,28,29)(H3,24,25,26). The van der Waals surface area contributed by atoms with Crippen molar-refractivity contribution in [2.75, 3.05) is 25.1 Å².